The van der Waals surface area contributed by atoms with Crippen molar-refractivity contribution in [3.8, 4) is 17.0 Å². The third-order valence-electron chi connectivity index (χ3n) is 7.70. The van der Waals surface area contributed by atoms with Crippen molar-refractivity contribution >= 4 is 23.2 Å². The van der Waals surface area contributed by atoms with Crippen LogP contribution in [0.15, 0.2) is 41.3 Å². The van der Waals surface area contributed by atoms with Crippen molar-refractivity contribution in [1.29, 1.82) is 0 Å². The number of carbonyl (C=O) groups is 3. The minimum absolute atomic E-state index is 0.0340. The first-order chi connectivity index (χ1) is 16.9. The quantitative estimate of drug-likeness (QED) is 0.377. The second-order valence-electron chi connectivity index (χ2n) is 9.79. The maximum atomic E-state index is 13.8. The molecule has 6 N–H and O–H groups in total. The predicted octanol–water partition coefficient (Wildman–Crippen LogP) is 0.365. The molecule has 1 amide bonds. The Hall–Kier alpha value is -3.96. The highest BCUT2D eigenvalue weighted by Gasteiger charge is 2.64. The monoisotopic (exact) mass is 494 g/mol. The van der Waals surface area contributed by atoms with E-state index < -0.39 is 58.0 Å². The van der Waals surface area contributed by atoms with Gasteiger partial charge in [0.15, 0.2) is 11.4 Å². The number of nitrogens with zero attached hydrogens (tertiary/aromatic N) is 3. The molecule has 11 nitrogen and oxygen atoms in total. The number of primary amides is 1. The van der Waals surface area contributed by atoms with Crippen LogP contribution in [-0.4, -0.2) is 78.3 Å². The Bertz CT molecular complexity index is 1420. The molecule has 2 aromatic rings. The molecule has 36 heavy (non-hydrogen) atoms. The molecule has 3 aliphatic rings. The molecule has 0 radical (unpaired) electrons. The molecular formula is C25H26N4O7. The Morgan fingerprint density at radius 3 is 2.47 bits per heavy atom. The van der Waals surface area contributed by atoms with E-state index in [1.165, 1.54) is 11.0 Å². The Labute approximate surface area is 205 Å². The second kappa shape index (κ2) is 7.77. The average molecular weight is 495 g/mol. The van der Waals surface area contributed by atoms with Crippen molar-refractivity contribution in [1.82, 2.24) is 14.7 Å². The van der Waals surface area contributed by atoms with Crippen molar-refractivity contribution < 1.29 is 34.8 Å². The molecule has 0 spiro atoms. The number of phenols is 1. The number of aliphatic hydroxyl groups excluding tert-OH is 2. The number of fused-ring (bicyclic) bond motifs is 3. The van der Waals surface area contributed by atoms with Crippen molar-refractivity contribution in [3.63, 3.8) is 0 Å². The van der Waals surface area contributed by atoms with E-state index in [0.717, 1.165) is 5.69 Å². The number of nitrogens with two attached hydrogens (primary N) is 1. The average Bonchev–Trinajstić information content (AvgIpc) is 3.21. The summed E-state index contributed by atoms with van der Waals surface area (Å²) in [5, 5.41) is 48.6. The molecule has 0 bridgehead atoms. The minimum Gasteiger partial charge on any atom is -0.508 e. The van der Waals surface area contributed by atoms with Crippen LogP contribution >= 0.6 is 0 Å². The molecule has 1 aromatic carbocycles. The fourth-order valence-corrected chi connectivity index (χ4v) is 6.12. The number of hydrogen-bond acceptors (Lipinski definition) is 9. The van der Waals surface area contributed by atoms with Crippen LogP contribution in [0.1, 0.15) is 17.5 Å². The van der Waals surface area contributed by atoms with Crippen molar-refractivity contribution in [3.05, 3.63) is 52.4 Å². The van der Waals surface area contributed by atoms with Crippen LogP contribution in [0.3, 0.4) is 0 Å². The van der Waals surface area contributed by atoms with Crippen LogP contribution in [0.2, 0.25) is 0 Å². The van der Waals surface area contributed by atoms with Gasteiger partial charge in [-0.3, -0.25) is 24.0 Å². The van der Waals surface area contributed by atoms with Gasteiger partial charge in [0.1, 0.15) is 22.8 Å². The molecule has 4 unspecified atom stereocenters. The number of aromatic hydroxyl groups is 1. The molecule has 0 aliphatic heterocycles. The molecule has 4 atom stereocenters. The van der Waals surface area contributed by atoms with Gasteiger partial charge in [-0.05, 0) is 56.6 Å². The van der Waals surface area contributed by atoms with E-state index in [0.29, 0.717) is 11.1 Å². The molecule has 0 saturated heterocycles. The number of rotatable bonds is 3. The summed E-state index contributed by atoms with van der Waals surface area (Å²) in [5.41, 5.74) is 3.73. The smallest absolute Gasteiger partial charge is 0.255 e. The fraction of sp³-hybridized carbons (Fsp3) is 0.360. The molecule has 3 aliphatic carbocycles. The Kier molecular flexibility index (Phi) is 5.13. The van der Waals surface area contributed by atoms with Crippen LogP contribution in [0.25, 0.3) is 17.0 Å². The van der Waals surface area contributed by atoms with E-state index in [1.807, 2.05) is 0 Å². The van der Waals surface area contributed by atoms with Gasteiger partial charge >= 0.3 is 0 Å². The van der Waals surface area contributed by atoms with Gasteiger partial charge < -0.3 is 26.2 Å². The SMILES string of the molecule is CN(C)C1C(=O)C(C(N)=O)=C(O)C2(O)C(=O)C3=C(O)c4c(O)ccc(-c5ccnn5C)c4CC3CC12. The van der Waals surface area contributed by atoms with Gasteiger partial charge in [0.2, 0.25) is 5.78 Å². The lowest BCUT2D eigenvalue weighted by atomic mass is 9.57. The standard InChI is InChI=1S/C25H26N4O7/c1-28(2)19-13-9-10-8-12-11(14-6-7-27-29(14)3)4-5-15(30)17(12)20(31)16(10)22(33)25(13,36)23(34)18(21(19)32)24(26)35/h4-7,10,13,19,30-31,34,36H,8-9H2,1-3H3,(H2,26,35). The van der Waals surface area contributed by atoms with E-state index in [2.05, 4.69) is 5.10 Å². The molecule has 5 rings (SSSR count). The number of benzene rings is 1. The van der Waals surface area contributed by atoms with E-state index in [1.54, 1.807) is 44.2 Å². The highest BCUT2D eigenvalue weighted by atomic mass is 16.3. The molecule has 1 heterocycles. The summed E-state index contributed by atoms with van der Waals surface area (Å²) in [4.78, 5) is 40.5. The summed E-state index contributed by atoms with van der Waals surface area (Å²) in [5.74, 6) is -6.72. The Morgan fingerprint density at radius 2 is 1.89 bits per heavy atom. The van der Waals surface area contributed by atoms with Gasteiger partial charge in [0, 0.05) is 30.3 Å². The van der Waals surface area contributed by atoms with Gasteiger partial charge in [-0.2, -0.15) is 5.10 Å². The third kappa shape index (κ3) is 2.93. The van der Waals surface area contributed by atoms with E-state index in [4.69, 9.17) is 5.73 Å². The lowest BCUT2D eigenvalue weighted by Crippen LogP contribution is -2.65. The van der Waals surface area contributed by atoms with E-state index in [9.17, 15) is 34.8 Å². The summed E-state index contributed by atoms with van der Waals surface area (Å²) in [6.45, 7) is 0. The number of aliphatic hydroxyl groups is 3. The highest BCUT2D eigenvalue weighted by Crippen LogP contribution is 2.53. The zero-order valence-electron chi connectivity index (χ0n) is 19.9. The molecule has 11 heteroatoms. The number of Topliss-reactive ketones (excluding diaryl/α,β-unsaturated/α-hetero) is 2. The van der Waals surface area contributed by atoms with Crippen LogP contribution in [0, 0.1) is 11.8 Å². The van der Waals surface area contributed by atoms with Crippen LogP contribution < -0.4 is 5.73 Å². The zero-order valence-corrected chi connectivity index (χ0v) is 19.9. The first-order valence-electron chi connectivity index (χ1n) is 11.4. The van der Waals surface area contributed by atoms with Gasteiger partial charge in [0.05, 0.1) is 17.3 Å². The number of hydrogen-bond donors (Lipinski definition) is 5. The Morgan fingerprint density at radius 1 is 1.19 bits per heavy atom. The molecule has 1 fully saturated rings. The maximum absolute atomic E-state index is 13.8. The van der Waals surface area contributed by atoms with Crippen LogP contribution in [0.5, 0.6) is 5.75 Å². The first-order valence-corrected chi connectivity index (χ1v) is 11.4. The lowest BCUT2D eigenvalue weighted by Gasteiger charge is -2.50. The predicted molar refractivity (Wildman–Crippen MR) is 126 cm³/mol. The topological polar surface area (TPSA) is 179 Å². The largest absolute Gasteiger partial charge is 0.508 e. The van der Waals surface area contributed by atoms with Gasteiger partial charge in [-0.25, -0.2) is 0 Å². The lowest BCUT2D eigenvalue weighted by molar-refractivity contribution is -0.153. The summed E-state index contributed by atoms with van der Waals surface area (Å²) in [6.07, 6.45) is 1.86. The number of carbonyl (C=O) groups excluding carboxylic acids is 3. The molecule has 1 saturated carbocycles. The van der Waals surface area contributed by atoms with E-state index in [-0.39, 0.29) is 29.7 Å². The van der Waals surface area contributed by atoms with Gasteiger partial charge in [-0.1, -0.05) is 0 Å². The molecule has 1 aromatic heterocycles. The normalized spacial score (nSPS) is 27.8. The van der Waals surface area contributed by atoms with Gasteiger partial charge in [0.25, 0.3) is 5.91 Å². The van der Waals surface area contributed by atoms with E-state index >= 15 is 0 Å². The second-order valence-corrected chi connectivity index (χ2v) is 9.79. The number of aryl methyl sites for hydroxylation is 1. The van der Waals surface area contributed by atoms with Crippen molar-refractivity contribution in [2.75, 3.05) is 14.1 Å². The summed E-state index contributed by atoms with van der Waals surface area (Å²) in [7, 11) is 4.88. The minimum atomic E-state index is -2.65. The third-order valence-corrected chi connectivity index (χ3v) is 7.70. The number of ketones is 2. The molecular weight excluding hydrogens is 468 g/mol. The highest BCUT2D eigenvalue weighted by molar-refractivity contribution is 6.24. The summed E-state index contributed by atoms with van der Waals surface area (Å²) < 4.78 is 1.64. The Balaban J connectivity index is 1.76. The van der Waals surface area contributed by atoms with Crippen molar-refractivity contribution in [2.24, 2.45) is 24.6 Å². The zero-order chi connectivity index (χ0) is 26.3. The molecule has 188 valence electrons. The van der Waals surface area contributed by atoms with Gasteiger partial charge in [-0.15, -0.1) is 0 Å². The summed E-state index contributed by atoms with van der Waals surface area (Å²) >= 11 is 0. The summed E-state index contributed by atoms with van der Waals surface area (Å²) in [6, 6.07) is 3.75. The maximum Gasteiger partial charge on any atom is 0.255 e. The first kappa shape index (κ1) is 23.8. The fourth-order valence-electron chi connectivity index (χ4n) is 6.12. The number of amides is 1. The van der Waals surface area contributed by atoms with Crippen molar-refractivity contribution in [2.45, 2.75) is 24.5 Å². The number of aromatic nitrogens is 2. The van der Waals surface area contributed by atoms with Crippen LogP contribution in [-0.2, 0) is 27.9 Å². The number of likely N-dealkylation sites (N-methyl/N-ethyl adjacent to an activating group) is 1. The number of phenolic OH excluding ortho intramolecular Hbond substituents is 1. The van der Waals surface area contributed by atoms with Crippen LogP contribution in [0.4, 0.5) is 0 Å².